The molecule has 0 bridgehead atoms. The molecule has 0 aliphatic heterocycles. The quantitative estimate of drug-likeness (QED) is 0.554. The highest BCUT2D eigenvalue weighted by Crippen LogP contribution is 2.28. The van der Waals surface area contributed by atoms with Crippen molar-refractivity contribution in [3.8, 4) is 0 Å². The topological polar surface area (TPSA) is 46.5 Å². The van der Waals surface area contributed by atoms with E-state index >= 15 is 0 Å². The Balaban J connectivity index is 0.000000309. The van der Waals surface area contributed by atoms with Gasteiger partial charge in [-0.15, -0.1) is 0 Å². The van der Waals surface area contributed by atoms with Crippen molar-refractivity contribution in [2.24, 2.45) is 0 Å². The van der Waals surface area contributed by atoms with E-state index in [0.717, 1.165) is 28.2 Å². The van der Waals surface area contributed by atoms with E-state index < -0.39 is 5.97 Å². The van der Waals surface area contributed by atoms with Crippen LogP contribution in [0.15, 0.2) is 67.4 Å². The summed E-state index contributed by atoms with van der Waals surface area (Å²) in [4.78, 5) is 11.4. The zero-order valence-electron chi connectivity index (χ0n) is 12.5. The van der Waals surface area contributed by atoms with Crippen molar-refractivity contribution in [1.29, 1.82) is 0 Å². The lowest BCUT2D eigenvalue weighted by molar-refractivity contribution is 0.0701. The van der Waals surface area contributed by atoms with Crippen molar-refractivity contribution in [3.63, 3.8) is 0 Å². The maximum Gasteiger partial charge on any atom is 0.336 e. The van der Waals surface area contributed by atoms with Gasteiger partial charge in [-0.05, 0) is 34.5 Å². The van der Waals surface area contributed by atoms with Gasteiger partial charge in [0.2, 0.25) is 0 Å². The van der Waals surface area contributed by atoms with E-state index in [1.54, 1.807) is 0 Å². The Morgan fingerprint density at radius 1 is 1.09 bits per heavy atom. The number of aromatic carboxylic acids is 1. The molecule has 3 aromatic carbocycles. The molecule has 0 fully saturated rings. The fourth-order valence-electron chi connectivity index (χ4n) is 2.36. The van der Waals surface area contributed by atoms with Crippen LogP contribution in [0.5, 0.6) is 0 Å². The zero-order chi connectivity index (χ0) is 15.9. The van der Waals surface area contributed by atoms with E-state index in [1.165, 1.54) is 6.26 Å². The molecule has 22 heavy (non-hydrogen) atoms. The monoisotopic (exact) mass is 294 g/mol. The van der Waals surface area contributed by atoms with Crippen LogP contribution in [-0.2, 0) is 4.74 Å². The third-order valence-corrected chi connectivity index (χ3v) is 3.27. The van der Waals surface area contributed by atoms with Gasteiger partial charge in [0.25, 0.3) is 0 Å². The number of carboxylic acids is 1. The van der Waals surface area contributed by atoms with Gasteiger partial charge in [0.1, 0.15) is 0 Å². The summed E-state index contributed by atoms with van der Waals surface area (Å²) in [5, 5.41) is 12.9. The minimum Gasteiger partial charge on any atom is -0.502 e. The van der Waals surface area contributed by atoms with Gasteiger partial charge >= 0.3 is 5.97 Å². The summed E-state index contributed by atoms with van der Waals surface area (Å²) in [7, 11) is 0. The van der Waals surface area contributed by atoms with Crippen LogP contribution in [0.2, 0.25) is 0 Å². The number of hydrogen-bond acceptors (Lipinski definition) is 2. The molecule has 112 valence electrons. The number of benzene rings is 3. The molecule has 0 saturated carbocycles. The molecule has 0 aliphatic rings. The van der Waals surface area contributed by atoms with E-state index in [-0.39, 0.29) is 0 Å². The first kappa shape index (κ1) is 15.6. The maximum atomic E-state index is 11.4. The summed E-state index contributed by atoms with van der Waals surface area (Å²) < 4.78 is 4.60. The minimum atomic E-state index is -0.877. The van der Waals surface area contributed by atoms with Crippen LogP contribution in [0.4, 0.5) is 0 Å². The van der Waals surface area contributed by atoms with Crippen molar-refractivity contribution in [2.45, 2.75) is 6.92 Å². The third-order valence-electron chi connectivity index (χ3n) is 3.27. The Morgan fingerprint density at radius 3 is 1.95 bits per heavy atom. The van der Waals surface area contributed by atoms with Crippen LogP contribution in [-0.4, -0.2) is 17.7 Å². The second-order valence-electron chi connectivity index (χ2n) is 4.62. The summed E-state index contributed by atoms with van der Waals surface area (Å²) in [5.41, 5.74) is 0.388. The van der Waals surface area contributed by atoms with Gasteiger partial charge in [-0.1, -0.05) is 55.1 Å². The Morgan fingerprint density at radius 2 is 1.59 bits per heavy atom. The number of ether oxygens (including phenoxy) is 1. The van der Waals surface area contributed by atoms with Crippen molar-refractivity contribution < 1.29 is 14.6 Å². The molecule has 1 N–H and O–H groups in total. The van der Waals surface area contributed by atoms with Crippen LogP contribution in [0.3, 0.4) is 0 Å². The highest BCUT2D eigenvalue weighted by molar-refractivity contribution is 6.15. The van der Waals surface area contributed by atoms with Crippen LogP contribution in [0.1, 0.15) is 17.3 Å². The second kappa shape index (κ2) is 7.27. The number of carboxylic acid groups (broad SMARTS) is 1. The molecule has 0 saturated heterocycles. The van der Waals surface area contributed by atoms with Gasteiger partial charge in [0.05, 0.1) is 18.4 Å². The number of carbonyl (C=O) groups is 1. The predicted molar refractivity (Wildman–Crippen MR) is 90.2 cm³/mol. The maximum absolute atomic E-state index is 11.4. The molecule has 0 amide bonds. The fraction of sp³-hybridized carbons (Fsp3) is 0.105. The van der Waals surface area contributed by atoms with Gasteiger partial charge in [0, 0.05) is 0 Å². The first-order chi connectivity index (χ1) is 10.7. The zero-order valence-corrected chi connectivity index (χ0v) is 12.5. The smallest absolute Gasteiger partial charge is 0.336 e. The molecule has 0 aliphatic carbocycles. The number of rotatable bonds is 3. The highest BCUT2D eigenvalue weighted by Gasteiger charge is 2.12. The van der Waals surface area contributed by atoms with Crippen molar-refractivity contribution in [2.75, 3.05) is 6.61 Å². The lowest BCUT2D eigenvalue weighted by Crippen LogP contribution is -1.99. The minimum absolute atomic E-state index is 0.388. The summed E-state index contributed by atoms with van der Waals surface area (Å²) in [6.45, 7) is 5.97. The number of fused-ring (bicyclic) bond motifs is 2. The Labute approximate surface area is 129 Å². The van der Waals surface area contributed by atoms with Gasteiger partial charge < -0.3 is 9.84 Å². The number of hydrogen-bond donors (Lipinski definition) is 1. The standard InChI is InChI=1S/C15H10O2.C4H8O/c16-15(17)14-12-7-3-1-5-10(12)9-11-6-2-4-8-13(11)14;1-3-5-4-2/h1-9H,(H,16,17);3H,1,4H2,2H3. The van der Waals surface area contributed by atoms with Gasteiger partial charge in [-0.25, -0.2) is 4.79 Å². The van der Waals surface area contributed by atoms with Crippen molar-refractivity contribution in [3.05, 3.63) is 73.0 Å². The molecule has 0 spiro atoms. The Kier molecular flexibility index (Phi) is 5.15. The molecule has 3 heteroatoms. The molecule has 0 aromatic heterocycles. The van der Waals surface area contributed by atoms with E-state index in [2.05, 4.69) is 11.3 Å². The summed E-state index contributed by atoms with van der Waals surface area (Å²) in [5.74, 6) is -0.877. The first-order valence-electron chi connectivity index (χ1n) is 7.05. The van der Waals surface area contributed by atoms with Crippen molar-refractivity contribution >= 4 is 27.5 Å². The van der Waals surface area contributed by atoms with E-state index in [4.69, 9.17) is 0 Å². The summed E-state index contributed by atoms with van der Waals surface area (Å²) in [6.07, 6.45) is 1.43. The van der Waals surface area contributed by atoms with Crippen molar-refractivity contribution in [1.82, 2.24) is 0 Å². The van der Waals surface area contributed by atoms with Gasteiger partial charge in [-0.2, -0.15) is 0 Å². The molecule has 0 atom stereocenters. The van der Waals surface area contributed by atoms with E-state index in [1.807, 2.05) is 61.5 Å². The molecular weight excluding hydrogens is 276 g/mol. The predicted octanol–water partition coefficient (Wildman–Crippen LogP) is 4.86. The molecule has 3 nitrogen and oxygen atoms in total. The SMILES string of the molecule is C=COCC.O=C(O)c1c2ccccc2cc2ccccc12. The van der Waals surface area contributed by atoms with Gasteiger partial charge in [-0.3, -0.25) is 0 Å². The average Bonchev–Trinajstić information content (AvgIpc) is 2.53. The third kappa shape index (κ3) is 3.26. The van der Waals surface area contributed by atoms with Crippen LogP contribution in [0.25, 0.3) is 21.5 Å². The molecule has 0 heterocycles. The van der Waals surface area contributed by atoms with Gasteiger partial charge in [0.15, 0.2) is 0 Å². The van der Waals surface area contributed by atoms with Crippen LogP contribution in [0, 0.1) is 0 Å². The van der Waals surface area contributed by atoms with E-state index in [9.17, 15) is 9.90 Å². The molecule has 3 aromatic rings. The fourth-order valence-corrected chi connectivity index (χ4v) is 2.36. The largest absolute Gasteiger partial charge is 0.502 e. The molecular formula is C19H18O3. The second-order valence-corrected chi connectivity index (χ2v) is 4.62. The Hall–Kier alpha value is -2.81. The van der Waals surface area contributed by atoms with Crippen LogP contribution >= 0.6 is 0 Å². The molecule has 3 rings (SSSR count). The molecule has 0 unspecified atom stereocenters. The van der Waals surface area contributed by atoms with Crippen LogP contribution < -0.4 is 0 Å². The van der Waals surface area contributed by atoms with E-state index in [0.29, 0.717) is 5.56 Å². The summed E-state index contributed by atoms with van der Waals surface area (Å²) >= 11 is 0. The average molecular weight is 294 g/mol. The molecule has 0 radical (unpaired) electrons. The first-order valence-corrected chi connectivity index (χ1v) is 7.05. The lowest BCUT2D eigenvalue weighted by Gasteiger charge is -2.07. The highest BCUT2D eigenvalue weighted by atomic mass is 16.5. The Bertz CT molecular complexity index is 752. The summed E-state index contributed by atoms with van der Waals surface area (Å²) in [6, 6.07) is 17.2. The normalized spacial score (nSPS) is 9.86. The lowest BCUT2D eigenvalue weighted by atomic mass is 9.97.